The normalized spacial score (nSPS) is 17.5. The van der Waals surface area contributed by atoms with Gasteiger partial charge >= 0.3 is 11.9 Å². The molecule has 1 saturated carbocycles. The molecular weight excluding hydrogens is 264 g/mol. The van der Waals surface area contributed by atoms with Crippen LogP contribution in [0, 0.1) is 5.92 Å². The number of oxime groups is 1. The molecule has 0 aromatic rings. The Kier molecular flexibility index (Phi) is 6.55. The zero-order valence-electron chi connectivity index (χ0n) is 11.8. The highest BCUT2D eigenvalue weighted by molar-refractivity contribution is 5.94. The average Bonchev–Trinajstić information content (AvgIpc) is 2.50. The smallest absolute Gasteiger partial charge is 0.377 e. The summed E-state index contributed by atoms with van der Waals surface area (Å²) in [6.07, 6.45) is 6.16. The van der Waals surface area contributed by atoms with E-state index in [4.69, 9.17) is 10.6 Å². The molecule has 1 aliphatic carbocycles. The van der Waals surface area contributed by atoms with Crippen LogP contribution in [0.25, 0.3) is 0 Å². The summed E-state index contributed by atoms with van der Waals surface area (Å²) < 4.78 is 8.90. The van der Waals surface area contributed by atoms with Gasteiger partial charge in [0.05, 0.1) is 20.3 Å². The maximum atomic E-state index is 11.4. The second-order valence-electron chi connectivity index (χ2n) is 4.47. The fraction of sp³-hybridized carbons (Fsp3) is 0.615. The topological polar surface area (TPSA) is 100 Å². The Balaban J connectivity index is 2.71. The predicted molar refractivity (Wildman–Crippen MR) is 71.4 cm³/mol. The second kappa shape index (κ2) is 8.19. The van der Waals surface area contributed by atoms with Crippen LogP contribution < -0.4 is 5.73 Å². The van der Waals surface area contributed by atoms with Crippen molar-refractivity contribution in [1.82, 2.24) is 0 Å². The highest BCUT2D eigenvalue weighted by Crippen LogP contribution is 2.23. The van der Waals surface area contributed by atoms with E-state index in [2.05, 4.69) is 14.6 Å². The lowest BCUT2D eigenvalue weighted by Gasteiger charge is -2.20. The lowest BCUT2D eigenvalue weighted by Crippen LogP contribution is -2.26. The first-order valence-electron chi connectivity index (χ1n) is 6.46. The van der Waals surface area contributed by atoms with E-state index in [1.807, 2.05) is 0 Å². The minimum Gasteiger partial charge on any atom is -0.466 e. The van der Waals surface area contributed by atoms with E-state index >= 15 is 0 Å². The van der Waals surface area contributed by atoms with Crippen molar-refractivity contribution in [2.75, 3.05) is 14.2 Å². The summed E-state index contributed by atoms with van der Waals surface area (Å²) in [5, 5.41) is 3.72. The minimum atomic E-state index is -0.824. The Morgan fingerprint density at radius 2 is 1.80 bits per heavy atom. The first-order chi connectivity index (χ1) is 9.58. The molecular formula is C13H20N2O5. The number of carbonyl (C=O) groups excluding carboxylic acids is 2. The van der Waals surface area contributed by atoms with Crippen LogP contribution >= 0.6 is 0 Å². The van der Waals surface area contributed by atoms with Gasteiger partial charge in [-0.25, -0.2) is 9.59 Å². The Morgan fingerprint density at radius 3 is 2.35 bits per heavy atom. The van der Waals surface area contributed by atoms with Gasteiger partial charge in [0.15, 0.2) is 0 Å². The van der Waals surface area contributed by atoms with Crippen molar-refractivity contribution in [3.05, 3.63) is 11.8 Å². The number of amidine groups is 1. The van der Waals surface area contributed by atoms with Crippen molar-refractivity contribution in [1.29, 1.82) is 0 Å². The third kappa shape index (κ3) is 4.91. The van der Waals surface area contributed by atoms with Crippen LogP contribution in [-0.2, 0) is 23.9 Å². The highest BCUT2D eigenvalue weighted by Gasteiger charge is 2.19. The van der Waals surface area contributed by atoms with E-state index in [-0.39, 0.29) is 11.7 Å². The van der Waals surface area contributed by atoms with Crippen LogP contribution in [0.1, 0.15) is 32.1 Å². The zero-order valence-corrected chi connectivity index (χ0v) is 11.8. The highest BCUT2D eigenvalue weighted by atomic mass is 16.7. The van der Waals surface area contributed by atoms with Gasteiger partial charge in [-0.3, -0.25) is 0 Å². The summed E-state index contributed by atoms with van der Waals surface area (Å²) in [6, 6.07) is 0. The van der Waals surface area contributed by atoms with Crippen LogP contribution in [0.3, 0.4) is 0 Å². The van der Waals surface area contributed by atoms with Crippen molar-refractivity contribution >= 4 is 17.8 Å². The first-order valence-corrected chi connectivity index (χ1v) is 6.46. The molecule has 0 aromatic heterocycles. The third-order valence-electron chi connectivity index (χ3n) is 3.11. The number of nitrogens with two attached hydrogens (primary N) is 1. The van der Waals surface area contributed by atoms with Crippen molar-refractivity contribution in [2.45, 2.75) is 32.1 Å². The van der Waals surface area contributed by atoms with Crippen LogP contribution in [0.15, 0.2) is 17.0 Å². The maximum Gasteiger partial charge on any atom is 0.377 e. The van der Waals surface area contributed by atoms with Crippen LogP contribution in [0.5, 0.6) is 0 Å². The van der Waals surface area contributed by atoms with Crippen LogP contribution in [-0.4, -0.2) is 32.0 Å². The van der Waals surface area contributed by atoms with Crippen molar-refractivity contribution in [2.24, 2.45) is 16.8 Å². The summed E-state index contributed by atoms with van der Waals surface area (Å²) in [4.78, 5) is 27.5. The molecule has 0 atom stereocenters. The number of ether oxygens (including phenoxy) is 2. The second-order valence-corrected chi connectivity index (χ2v) is 4.47. The molecule has 0 spiro atoms. The Labute approximate surface area is 117 Å². The molecule has 1 aliphatic rings. The van der Waals surface area contributed by atoms with Gasteiger partial charge < -0.3 is 20.0 Å². The number of nitrogens with zero attached hydrogens (tertiary/aromatic N) is 1. The van der Waals surface area contributed by atoms with Gasteiger partial charge in [-0.1, -0.05) is 24.4 Å². The van der Waals surface area contributed by atoms with Crippen molar-refractivity contribution in [3.63, 3.8) is 0 Å². The number of rotatable bonds is 5. The summed E-state index contributed by atoms with van der Waals surface area (Å²) in [5.41, 5.74) is 5.83. The van der Waals surface area contributed by atoms with Gasteiger partial charge in [-0.15, -0.1) is 0 Å². The fourth-order valence-electron chi connectivity index (χ4n) is 1.96. The molecule has 0 radical (unpaired) electrons. The van der Waals surface area contributed by atoms with Gasteiger partial charge in [0, 0.05) is 5.92 Å². The van der Waals surface area contributed by atoms with E-state index in [0.29, 0.717) is 5.84 Å². The van der Waals surface area contributed by atoms with E-state index < -0.39 is 11.9 Å². The number of esters is 2. The molecule has 7 heteroatoms. The number of methoxy groups -OCH3 is 2. The molecule has 2 N–H and O–H groups in total. The number of carbonyl (C=O) groups is 2. The lowest BCUT2D eigenvalue weighted by atomic mass is 9.89. The van der Waals surface area contributed by atoms with Gasteiger partial charge in [0.2, 0.25) is 5.76 Å². The summed E-state index contributed by atoms with van der Waals surface area (Å²) in [7, 11) is 2.36. The first kappa shape index (κ1) is 16.0. The van der Waals surface area contributed by atoms with E-state index in [0.717, 1.165) is 31.8 Å². The Bertz CT molecular complexity index is 411. The van der Waals surface area contributed by atoms with E-state index in [1.165, 1.54) is 20.6 Å². The molecule has 7 nitrogen and oxygen atoms in total. The number of hydrogen-bond acceptors (Lipinski definition) is 6. The molecule has 1 fully saturated rings. The third-order valence-corrected chi connectivity index (χ3v) is 3.11. The molecule has 0 unspecified atom stereocenters. The summed E-state index contributed by atoms with van der Waals surface area (Å²) in [5.74, 6) is -1.45. The molecule has 0 saturated heterocycles. The Morgan fingerprint density at radius 1 is 1.15 bits per heavy atom. The van der Waals surface area contributed by atoms with Gasteiger partial charge in [0.1, 0.15) is 5.84 Å². The molecule has 0 bridgehead atoms. The van der Waals surface area contributed by atoms with Gasteiger partial charge in [0.25, 0.3) is 0 Å². The molecule has 112 valence electrons. The van der Waals surface area contributed by atoms with E-state index in [9.17, 15) is 9.59 Å². The maximum absolute atomic E-state index is 11.4. The molecule has 20 heavy (non-hydrogen) atoms. The van der Waals surface area contributed by atoms with Crippen LogP contribution in [0.2, 0.25) is 0 Å². The SMILES string of the molecule is COC(=O)/C=C(/O/N=C(\N)C1CCCCC1)C(=O)OC. The van der Waals surface area contributed by atoms with Crippen LogP contribution in [0.4, 0.5) is 0 Å². The lowest BCUT2D eigenvalue weighted by molar-refractivity contribution is -0.142. The molecule has 0 aromatic carbocycles. The summed E-state index contributed by atoms with van der Waals surface area (Å²) >= 11 is 0. The van der Waals surface area contributed by atoms with Crippen molar-refractivity contribution < 1.29 is 23.9 Å². The molecule has 1 rings (SSSR count). The largest absolute Gasteiger partial charge is 0.466 e. The zero-order chi connectivity index (χ0) is 15.0. The van der Waals surface area contributed by atoms with Gasteiger partial charge in [-0.05, 0) is 12.8 Å². The monoisotopic (exact) mass is 284 g/mol. The van der Waals surface area contributed by atoms with Gasteiger partial charge in [-0.2, -0.15) is 0 Å². The minimum absolute atomic E-state index is 0.153. The molecule has 0 heterocycles. The molecule has 0 aliphatic heterocycles. The van der Waals surface area contributed by atoms with Crippen molar-refractivity contribution in [3.8, 4) is 0 Å². The fourth-order valence-corrected chi connectivity index (χ4v) is 1.96. The van der Waals surface area contributed by atoms with E-state index in [1.54, 1.807) is 0 Å². The number of hydrogen-bond donors (Lipinski definition) is 1. The predicted octanol–water partition coefficient (Wildman–Crippen LogP) is 1.09. The average molecular weight is 284 g/mol. The standard InChI is InChI=1S/C13H20N2O5/c1-18-11(16)8-10(13(17)19-2)20-15-12(14)9-6-4-3-5-7-9/h8-9H,3-7H2,1-2H3,(H2,14,15)/b10-8+. The summed E-state index contributed by atoms with van der Waals surface area (Å²) in [6.45, 7) is 0. The quantitative estimate of drug-likeness (QED) is 0.202. The molecule has 0 amide bonds. The Hall–Kier alpha value is -2.05.